The molecular weight excluding hydrogens is 366 g/mol. The van der Waals surface area contributed by atoms with Crippen molar-refractivity contribution in [2.45, 2.75) is 6.42 Å². The van der Waals surface area contributed by atoms with Crippen molar-refractivity contribution in [3.8, 4) is 0 Å². The largest absolute Gasteiger partial charge is 0.463 e. The highest BCUT2D eigenvalue weighted by atomic mass is 16.6. The number of ketones is 1. The fourth-order valence-corrected chi connectivity index (χ4v) is 2.11. The van der Waals surface area contributed by atoms with E-state index < -0.39 is 23.1 Å². The third kappa shape index (κ3) is 6.79. The summed E-state index contributed by atoms with van der Waals surface area (Å²) in [7, 11) is 0. The van der Waals surface area contributed by atoms with Gasteiger partial charge in [-0.3, -0.25) is 29.5 Å². The van der Waals surface area contributed by atoms with Crippen LogP contribution in [-0.4, -0.2) is 40.7 Å². The number of pyridine rings is 1. The van der Waals surface area contributed by atoms with Crippen LogP contribution in [0.15, 0.2) is 54.9 Å². The molecule has 0 saturated heterocycles. The molecule has 0 spiro atoms. The van der Waals surface area contributed by atoms with E-state index in [1.807, 2.05) is 0 Å². The molecular formula is C19H17N3O6. The summed E-state index contributed by atoms with van der Waals surface area (Å²) in [5, 5.41) is 13.3. The first-order chi connectivity index (χ1) is 13.5. The Labute approximate surface area is 160 Å². The number of benzene rings is 1. The van der Waals surface area contributed by atoms with Crippen LogP contribution in [0.1, 0.15) is 22.3 Å². The van der Waals surface area contributed by atoms with E-state index in [2.05, 4.69) is 10.3 Å². The Kier molecular flexibility index (Phi) is 7.53. The van der Waals surface area contributed by atoms with Crippen molar-refractivity contribution in [3.05, 3.63) is 76.1 Å². The van der Waals surface area contributed by atoms with Crippen molar-refractivity contribution in [3.63, 3.8) is 0 Å². The quantitative estimate of drug-likeness (QED) is 0.175. The molecule has 1 amide bonds. The molecule has 0 saturated carbocycles. The molecule has 9 heteroatoms. The third-order valence-corrected chi connectivity index (χ3v) is 3.44. The monoisotopic (exact) mass is 383 g/mol. The number of carbonyl (C=O) groups excluding carboxylic acids is 3. The van der Waals surface area contributed by atoms with Gasteiger partial charge in [0.1, 0.15) is 13.0 Å². The smallest absolute Gasteiger partial charge is 0.313 e. The summed E-state index contributed by atoms with van der Waals surface area (Å²) >= 11 is 0. The van der Waals surface area contributed by atoms with Crippen LogP contribution in [0.2, 0.25) is 0 Å². The van der Waals surface area contributed by atoms with Crippen LogP contribution in [0, 0.1) is 10.1 Å². The number of carbonyl (C=O) groups is 3. The van der Waals surface area contributed by atoms with E-state index >= 15 is 0 Å². The summed E-state index contributed by atoms with van der Waals surface area (Å²) in [6.07, 6.45) is 5.03. The molecule has 1 aromatic heterocycles. The molecule has 144 valence electrons. The van der Waals surface area contributed by atoms with Crippen molar-refractivity contribution in [2.75, 3.05) is 13.2 Å². The number of nitro groups is 1. The van der Waals surface area contributed by atoms with E-state index in [0.29, 0.717) is 11.1 Å². The molecule has 28 heavy (non-hydrogen) atoms. The molecule has 0 bridgehead atoms. The van der Waals surface area contributed by atoms with Crippen LogP contribution in [0.4, 0.5) is 5.69 Å². The molecule has 2 aromatic rings. The van der Waals surface area contributed by atoms with Crippen LogP contribution >= 0.6 is 0 Å². The van der Waals surface area contributed by atoms with E-state index in [1.165, 1.54) is 30.5 Å². The van der Waals surface area contributed by atoms with Gasteiger partial charge in [-0.2, -0.15) is 0 Å². The van der Waals surface area contributed by atoms with E-state index in [-0.39, 0.29) is 24.7 Å². The molecule has 1 N–H and O–H groups in total. The molecule has 2 rings (SSSR count). The minimum atomic E-state index is -0.732. The predicted octanol–water partition coefficient (Wildman–Crippen LogP) is 1.94. The predicted molar refractivity (Wildman–Crippen MR) is 99.3 cm³/mol. The lowest BCUT2D eigenvalue weighted by Crippen LogP contribution is -2.28. The van der Waals surface area contributed by atoms with Crippen LogP contribution in [-0.2, 0) is 14.3 Å². The highest BCUT2D eigenvalue weighted by Crippen LogP contribution is 2.14. The number of ether oxygens (including phenoxy) is 1. The van der Waals surface area contributed by atoms with Crippen molar-refractivity contribution in [1.82, 2.24) is 10.3 Å². The second-order valence-corrected chi connectivity index (χ2v) is 5.55. The Bertz CT molecular complexity index is 896. The molecule has 1 aromatic carbocycles. The van der Waals surface area contributed by atoms with E-state index in [1.54, 1.807) is 24.4 Å². The maximum Gasteiger partial charge on any atom is 0.313 e. The first kappa shape index (κ1) is 20.4. The maximum absolute atomic E-state index is 11.8. The molecule has 1 heterocycles. The van der Waals surface area contributed by atoms with Crippen molar-refractivity contribution in [1.29, 1.82) is 0 Å². The number of nitrogens with one attached hydrogen (secondary N) is 1. The molecule has 0 fully saturated rings. The minimum absolute atomic E-state index is 0.0767. The van der Waals surface area contributed by atoms with Gasteiger partial charge in [-0.05, 0) is 23.8 Å². The number of nitrogens with zero attached hydrogens (tertiary/aromatic N) is 2. The summed E-state index contributed by atoms with van der Waals surface area (Å²) in [5.74, 6) is -1.58. The first-order valence-electron chi connectivity index (χ1n) is 8.25. The number of esters is 1. The third-order valence-electron chi connectivity index (χ3n) is 3.44. The Morgan fingerprint density at radius 3 is 2.75 bits per heavy atom. The maximum atomic E-state index is 11.8. The Morgan fingerprint density at radius 2 is 2.04 bits per heavy atom. The topological polar surface area (TPSA) is 128 Å². The van der Waals surface area contributed by atoms with E-state index in [0.717, 1.165) is 6.08 Å². The molecule has 0 aliphatic carbocycles. The van der Waals surface area contributed by atoms with Crippen molar-refractivity contribution >= 4 is 29.4 Å². The summed E-state index contributed by atoms with van der Waals surface area (Å²) in [6, 6.07) is 8.97. The number of aromatic nitrogens is 1. The van der Waals surface area contributed by atoms with Gasteiger partial charge >= 0.3 is 5.97 Å². The number of rotatable bonds is 9. The number of non-ortho nitro benzene ring substituents is 1. The standard InChI is InChI=1S/C19H17N3O6/c23-17(7-6-14-3-1-5-16(11-14)22(26)27)12-18(24)28-10-9-21-19(25)15-4-2-8-20-13-15/h1-8,11,13H,9-10,12H2,(H,21,25). The lowest BCUT2D eigenvalue weighted by atomic mass is 10.1. The molecule has 0 atom stereocenters. The Hall–Kier alpha value is -3.88. The van der Waals surface area contributed by atoms with Gasteiger partial charge < -0.3 is 10.1 Å². The zero-order chi connectivity index (χ0) is 20.4. The number of nitro benzene ring substituents is 1. The average molecular weight is 383 g/mol. The second-order valence-electron chi connectivity index (χ2n) is 5.55. The first-order valence-corrected chi connectivity index (χ1v) is 8.25. The van der Waals surface area contributed by atoms with Crippen molar-refractivity contribution < 1.29 is 24.0 Å². The van der Waals surface area contributed by atoms with Crippen LogP contribution in [0.5, 0.6) is 0 Å². The van der Waals surface area contributed by atoms with Gasteiger partial charge in [-0.15, -0.1) is 0 Å². The lowest BCUT2D eigenvalue weighted by Gasteiger charge is -2.06. The number of hydrogen-bond donors (Lipinski definition) is 1. The normalized spacial score (nSPS) is 10.4. The van der Waals surface area contributed by atoms with Crippen molar-refractivity contribution in [2.24, 2.45) is 0 Å². The zero-order valence-corrected chi connectivity index (χ0v) is 14.7. The molecule has 9 nitrogen and oxygen atoms in total. The summed E-state index contributed by atoms with van der Waals surface area (Å²) in [6.45, 7) is 0.0177. The van der Waals surface area contributed by atoms with E-state index in [9.17, 15) is 24.5 Å². The van der Waals surface area contributed by atoms with Gasteiger partial charge in [0.2, 0.25) is 0 Å². The number of amides is 1. The van der Waals surface area contributed by atoms with Crippen LogP contribution in [0.3, 0.4) is 0 Å². The summed E-state index contributed by atoms with van der Waals surface area (Å²) in [5.41, 5.74) is 0.756. The minimum Gasteiger partial charge on any atom is -0.463 e. The summed E-state index contributed by atoms with van der Waals surface area (Å²) in [4.78, 5) is 49.2. The van der Waals surface area contributed by atoms with Crippen LogP contribution in [0.25, 0.3) is 6.08 Å². The summed E-state index contributed by atoms with van der Waals surface area (Å²) < 4.78 is 4.89. The van der Waals surface area contributed by atoms with Gasteiger partial charge in [0.15, 0.2) is 5.78 Å². The highest BCUT2D eigenvalue weighted by Gasteiger charge is 2.10. The van der Waals surface area contributed by atoms with E-state index in [4.69, 9.17) is 4.74 Å². The number of allylic oxidation sites excluding steroid dienone is 1. The van der Waals surface area contributed by atoms with Gasteiger partial charge in [0.05, 0.1) is 17.0 Å². The average Bonchev–Trinajstić information content (AvgIpc) is 2.70. The molecule has 0 unspecified atom stereocenters. The van der Waals surface area contributed by atoms with Crippen LogP contribution < -0.4 is 5.32 Å². The number of hydrogen-bond acceptors (Lipinski definition) is 7. The Balaban J connectivity index is 1.71. The molecule has 0 aliphatic rings. The van der Waals surface area contributed by atoms with Gasteiger partial charge in [0.25, 0.3) is 11.6 Å². The molecule has 0 radical (unpaired) electrons. The Morgan fingerprint density at radius 1 is 1.21 bits per heavy atom. The second kappa shape index (κ2) is 10.3. The van der Waals surface area contributed by atoms with Gasteiger partial charge in [-0.25, -0.2) is 0 Å². The van der Waals surface area contributed by atoms with Gasteiger partial charge in [-0.1, -0.05) is 18.2 Å². The molecule has 0 aliphatic heterocycles. The highest BCUT2D eigenvalue weighted by molar-refractivity contribution is 6.04. The lowest BCUT2D eigenvalue weighted by molar-refractivity contribution is -0.384. The fourth-order valence-electron chi connectivity index (χ4n) is 2.11. The SMILES string of the molecule is O=C(C=Cc1cccc([N+](=O)[O-])c1)CC(=O)OCCNC(=O)c1cccnc1. The fraction of sp³-hybridized carbons (Fsp3) is 0.158. The zero-order valence-electron chi connectivity index (χ0n) is 14.7. The van der Waals surface area contributed by atoms with Gasteiger partial charge in [0, 0.05) is 24.5 Å².